The van der Waals surface area contributed by atoms with Crippen LogP contribution in [0, 0.1) is 10.1 Å². The van der Waals surface area contributed by atoms with Gasteiger partial charge in [0.25, 0.3) is 6.04 Å². The van der Waals surface area contributed by atoms with Crippen molar-refractivity contribution in [3.05, 3.63) is 81.9 Å². The van der Waals surface area contributed by atoms with Crippen molar-refractivity contribution in [2.45, 2.75) is 43.5 Å². The number of likely N-dealkylation sites (tertiary alicyclic amines) is 1. The number of carbonyl (C=O) groups excluding carboxylic acids is 1. The number of benzene rings is 2. The molecule has 1 fully saturated rings. The summed E-state index contributed by atoms with van der Waals surface area (Å²) >= 11 is 0. The predicted molar refractivity (Wildman–Crippen MR) is 108 cm³/mol. The van der Waals surface area contributed by atoms with Crippen molar-refractivity contribution < 1.29 is 19.6 Å². The fraction of sp³-hybridized carbons (Fsp3) is 0.409. The van der Waals surface area contributed by atoms with Gasteiger partial charge in [0.15, 0.2) is 0 Å². The minimum absolute atomic E-state index is 0.185. The number of aliphatic hydroxyl groups is 1. The highest BCUT2D eigenvalue weighted by atomic mass is 16.6. The predicted octanol–water partition coefficient (Wildman–Crippen LogP) is 2.61. The van der Waals surface area contributed by atoms with Gasteiger partial charge in [0.1, 0.15) is 17.7 Å². The van der Waals surface area contributed by atoms with Crippen LogP contribution >= 0.6 is 0 Å². The van der Waals surface area contributed by atoms with E-state index in [0.717, 1.165) is 5.56 Å². The Bertz CT molecular complexity index is 841. The normalized spacial score (nSPS) is 25.9. The minimum atomic E-state index is -1.49. The molecule has 2 aromatic rings. The number of piperidine rings is 1. The van der Waals surface area contributed by atoms with E-state index in [-0.39, 0.29) is 6.42 Å². The molecule has 7 heteroatoms. The summed E-state index contributed by atoms with van der Waals surface area (Å²) in [6, 6.07) is 15.8. The summed E-state index contributed by atoms with van der Waals surface area (Å²) in [5.41, 5.74) is 0.134. The molecular formula is C22H26N2O5. The lowest BCUT2D eigenvalue weighted by atomic mass is 9.79. The summed E-state index contributed by atoms with van der Waals surface area (Å²) < 4.78 is 5.06. The summed E-state index contributed by atoms with van der Waals surface area (Å²) in [4.78, 5) is 26.1. The highest BCUT2D eigenvalue weighted by Crippen LogP contribution is 2.40. The van der Waals surface area contributed by atoms with Gasteiger partial charge in [-0.05, 0) is 30.9 Å². The Kier molecular flexibility index (Phi) is 6.30. The highest BCUT2D eigenvalue weighted by Gasteiger charge is 2.55. The van der Waals surface area contributed by atoms with Crippen LogP contribution in [0.1, 0.15) is 30.5 Å². The molecule has 4 atom stereocenters. The van der Waals surface area contributed by atoms with Crippen LogP contribution < -0.4 is 0 Å². The number of methoxy groups -OCH3 is 1. The molecule has 2 aromatic carbocycles. The topological polar surface area (TPSA) is 92.9 Å². The van der Waals surface area contributed by atoms with Gasteiger partial charge in [-0.2, -0.15) is 0 Å². The first-order valence-electron chi connectivity index (χ1n) is 9.63. The average Bonchev–Trinajstić information content (AvgIpc) is 2.72. The molecule has 0 amide bonds. The van der Waals surface area contributed by atoms with Crippen molar-refractivity contribution in [3.8, 4) is 0 Å². The van der Waals surface area contributed by atoms with Gasteiger partial charge in [-0.25, -0.2) is 0 Å². The second kappa shape index (κ2) is 8.71. The summed E-state index contributed by atoms with van der Waals surface area (Å²) in [5, 5.41) is 22.9. The van der Waals surface area contributed by atoms with Gasteiger partial charge < -0.3 is 9.84 Å². The zero-order valence-electron chi connectivity index (χ0n) is 16.6. The number of rotatable bonds is 6. The third-order valence-corrected chi connectivity index (χ3v) is 5.68. The standard InChI is InChI=1S/C22H26N2O5/c1-22(26)13-14-23(18(21(25)29-2)15-16-9-5-3-6-10-16)19(20(22)24(27)28)17-11-7-4-8-12-17/h3-12,18-20,26H,13-15H2,1-2H3/t18-,19+,20+,22-/m0/s1. The van der Waals surface area contributed by atoms with Crippen LogP contribution in [0.4, 0.5) is 0 Å². The molecule has 29 heavy (non-hydrogen) atoms. The Balaban J connectivity index is 2.06. The first kappa shape index (κ1) is 21.0. The molecule has 3 rings (SSSR count). The molecule has 1 aliphatic heterocycles. The Labute approximate surface area is 170 Å². The summed E-state index contributed by atoms with van der Waals surface area (Å²) in [6.07, 6.45) is 0.549. The smallest absolute Gasteiger partial charge is 0.323 e. The van der Waals surface area contributed by atoms with Crippen LogP contribution in [-0.4, -0.2) is 52.2 Å². The van der Waals surface area contributed by atoms with Crippen LogP contribution in [0.2, 0.25) is 0 Å². The van der Waals surface area contributed by atoms with E-state index in [1.165, 1.54) is 14.0 Å². The van der Waals surface area contributed by atoms with E-state index in [9.17, 15) is 20.0 Å². The van der Waals surface area contributed by atoms with Crippen LogP contribution in [0.15, 0.2) is 60.7 Å². The number of hydrogen-bond acceptors (Lipinski definition) is 6. The van der Waals surface area contributed by atoms with Gasteiger partial charge in [0.2, 0.25) is 0 Å². The molecule has 0 unspecified atom stereocenters. The second-order valence-corrected chi connectivity index (χ2v) is 7.66. The maximum Gasteiger partial charge on any atom is 0.323 e. The van der Waals surface area contributed by atoms with Crippen molar-refractivity contribution in [1.29, 1.82) is 0 Å². The average molecular weight is 398 g/mol. The number of esters is 1. The zero-order valence-corrected chi connectivity index (χ0v) is 16.6. The van der Waals surface area contributed by atoms with E-state index in [1.807, 2.05) is 41.3 Å². The third-order valence-electron chi connectivity index (χ3n) is 5.68. The van der Waals surface area contributed by atoms with E-state index in [2.05, 4.69) is 0 Å². The van der Waals surface area contributed by atoms with Crippen LogP contribution in [-0.2, 0) is 16.0 Å². The lowest BCUT2D eigenvalue weighted by molar-refractivity contribution is -0.558. The molecular weight excluding hydrogens is 372 g/mol. The van der Waals surface area contributed by atoms with Gasteiger partial charge in [-0.3, -0.25) is 19.8 Å². The lowest BCUT2D eigenvalue weighted by Gasteiger charge is -2.46. The molecule has 7 nitrogen and oxygen atoms in total. The molecule has 1 saturated heterocycles. The van der Waals surface area contributed by atoms with Gasteiger partial charge >= 0.3 is 5.97 Å². The van der Waals surface area contributed by atoms with Crippen molar-refractivity contribution in [3.63, 3.8) is 0 Å². The minimum Gasteiger partial charge on any atom is -0.468 e. The Morgan fingerprint density at radius 3 is 2.38 bits per heavy atom. The number of carbonyl (C=O) groups is 1. The molecule has 0 radical (unpaired) electrons. The first-order valence-corrected chi connectivity index (χ1v) is 9.63. The number of ether oxygens (including phenoxy) is 1. The molecule has 0 aliphatic carbocycles. The Morgan fingerprint density at radius 1 is 1.24 bits per heavy atom. The molecule has 0 saturated carbocycles. The molecule has 1 aliphatic rings. The fourth-order valence-electron chi connectivity index (χ4n) is 4.19. The number of nitrogens with zero attached hydrogens (tertiary/aromatic N) is 2. The SMILES string of the molecule is COC(=O)[C@H](Cc1ccccc1)N1CC[C@](C)(O)[C@H]([N+](=O)[O-])[C@H]1c1ccccc1. The van der Waals surface area contributed by atoms with Crippen LogP contribution in [0.3, 0.4) is 0 Å². The summed E-state index contributed by atoms with van der Waals surface area (Å²) in [6.45, 7) is 1.83. The van der Waals surface area contributed by atoms with Crippen LogP contribution in [0.5, 0.6) is 0 Å². The van der Waals surface area contributed by atoms with Crippen molar-refractivity contribution in [1.82, 2.24) is 4.90 Å². The Hall–Kier alpha value is -2.77. The van der Waals surface area contributed by atoms with E-state index in [0.29, 0.717) is 18.5 Å². The quantitative estimate of drug-likeness (QED) is 0.457. The number of nitro groups is 1. The van der Waals surface area contributed by atoms with Gasteiger partial charge in [0, 0.05) is 11.5 Å². The molecule has 1 heterocycles. The lowest BCUT2D eigenvalue weighted by Crippen LogP contribution is -2.62. The number of hydrogen-bond donors (Lipinski definition) is 1. The van der Waals surface area contributed by atoms with E-state index in [4.69, 9.17) is 4.74 Å². The molecule has 154 valence electrons. The van der Waals surface area contributed by atoms with E-state index >= 15 is 0 Å². The van der Waals surface area contributed by atoms with E-state index < -0.39 is 34.6 Å². The Morgan fingerprint density at radius 2 is 1.83 bits per heavy atom. The summed E-state index contributed by atoms with van der Waals surface area (Å²) in [5.74, 6) is -0.446. The van der Waals surface area contributed by atoms with Crippen molar-refractivity contribution in [2.24, 2.45) is 0 Å². The van der Waals surface area contributed by atoms with Gasteiger partial charge in [-0.15, -0.1) is 0 Å². The summed E-state index contributed by atoms with van der Waals surface area (Å²) in [7, 11) is 1.32. The first-order chi connectivity index (χ1) is 13.8. The molecule has 0 aromatic heterocycles. The van der Waals surface area contributed by atoms with Crippen molar-refractivity contribution in [2.75, 3.05) is 13.7 Å². The van der Waals surface area contributed by atoms with Crippen LogP contribution in [0.25, 0.3) is 0 Å². The van der Waals surface area contributed by atoms with Crippen molar-refractivity contribution >= 4 is 5.97 Å². The molecule has 1 N–H and O–H groups in total. The maximum atomic E-state index is 12.7. The highest BCUT2D eigenvalue weighted by molar-refractivity contribution is 5.76. The monoisotopic (exact) mass is 398 g/mol. The van der Waals surface area contributed by atoms with Gasteiger partial charge in [-0.1, -0.05) is 60.7 Å². The molecule has 0 bridgehead atoms. The molecule has 0 spiro atoms. The second-order valence-electron chi connectivity index (χ2n) is 7.66. The largest absolute Gasteiger partial charge is 0.468 e. The zero-order chi connectivity index (χ0) is 21.0. The fourth-order valence-corrected chi connectivity index (χ4v) is 4.19. The van der Waals surface area contributed by atoms with E-state index in [1.54, 1.807) is 24.3 Å². The third kappa shape index (κ3) is 4.46. The maximum absolute atomic E-state index is 12.7. The van der Waals surface area contributed by atoms with Gasteiger partial charge in [0.05, 0.1) is 7.11 Å².